The normalized spacial score (nSPS) is 9.38. The average molecular weight is 208 g/mol. The molecule has 2 aromatic rings. The quantitative estimate of drug-likeness (QED) is 0.673. The van der Waals surface area contributed by atoms with Crippen LogP contribution in [0.15, 0.2) is 36.7 Å². The summed E-state index contributed by atoms with van der Waals surface area (Å²) in [6.07, 6.45) is 3.62. The Labute approximate surface area is 95.4 Å². The summed E-state index contributed by atoms with van der Waals surface area (Å²) in [6.45, 7) is 3.83. The van der Waals surface area contributed by atoms with Crippen LogP contribution >= 0.6 is 0 Å². The molecule has 0 aliphatic rings. The molecule has 0 bridgehead atoms. The van der Waals surface area contributed by atoms with E-state index in [4.69, 9.17) is 0 Å². The molecule has 0 aliphatic heterocycles. The van der Waals surface area contributed by atoms with Crippen molar-refractivity contribution in [1.82, 2.24) is 9.97 Å². The molecule has 0 saturated heterocycles. The SMILES string of the molecule is CC#Cc1ccc(-c2ccc(C)cn2)nc1. The van der Waals surface area contributed by atoms with Crippen molar-refractivity contribution in [2.24, 2.45) is 0 Å². The van der Waals surface area contributed by atoms with E-state index in [2.05, 4.69) is 21.8 Å². The first kappa shape index (κ1) is 10.4. The fourth-order valence-electron chi connectivity index (χ4n) is 1.38. The fourth-order valence-corrected chi connectivity index (χ4v) is 1.38. The van der Waals surface area contributed by atoms with Crippen LogP contribution in [0.25, 0.3) is 11.4 Å². The Morgan fingerprint density at radius 1 is 0.938 bits per heavy atom. The number of pyridine rings is 2. The Morgan fingerprint density at radius 3 is 2.12 bits per heavy atom. The van der Waals surface area contributed by atoms with Crippen molar-refractivity contribution in [1.29, 1.82) is 0 Å². The molecular weight excluding hydrogens is 196 g/mol. The first-order chi connectivity index (χ1) is 7.79. The van der Waals surface area contributed by atoms with Crippen LogP contribution in [-0.4, -0.2) is 9.97 Å². The van der Waals surface area contributed by atoms with E-state index >= 15 is 0 Å². The highest BCUT2D eigenvalue weighted by Crippen LogP contribution is 2.14. The smallest absolute Gasteiger partial charge is 0.0887 e. The van der Waals surface area contributed by atoms with Crippen LogP contribution in [0.1, 0.15) is 18.1 Å². The van der Waals surface area contributed by atoms with Gasteiger partial charge in [-0.05, 0) is 37.6 Å². The van der Waals surface area contributed by atoms with Gasteiger partial charge in [-0.3, -0.25) is 9.97 Å². The van der Waals surface area contributed by atoms with E-state index in [0.29, 0.717) is 0 Å². The van der Waals surface area contributed by atoms with E-state index in [1.165, 1.54) is 0 Å². The fraction of sp³-hybridized carbons (Fsp3) is 0.143. The van der Waals surface area contributed by atoms with E-state index in [9.17, 15) is 0 Å². The van der Waals surface area contributed by atoms with Gasteiger partial charge in [0, 0.05) is 18.0 Å². The maximum Gasteiger partial charge on any atom is 0.0887 e. The molecule has 0 N–H and O–H groups in total. The Kier molecular flexibility index (Phi) is 2.98. The first-order valence-electron chi connectivity index (χ1n) is 5.11. The van der Waals surface area contributed by atoms with E-state index in [-0.39, 0.29) is 0 Å². The highest BCUT2D eigenvalue weighted by atomic mass is 14.8. The molecule has 0 saturated carbocycles. The van der Waals surface area contributed by atoms with Crippen LogP contribution in [0.4, 0.5) is 0 Å². The van der Waals surface area contributed by atoms with Crippen LogP contribution in [0.2, 0.25) is 0 Å². The summed E-state index contributed by atoms with van der Waals surface area (Å²) in [5.41, 5.74) is 3.85. The molecule has 0 aromatic carbocycles. The highest BCUT2D eigenvalue weighted by Gasteiger charge is 1.99. The van der Waals surface area contributed by atoms with E-state index in [0.717, 1.165) is 22.5 Å². The summed E-state index contributed by atoms with van der Waals surface area (Å²) in [6, 6.07) is 7.91. The maximum absolute atomic E-state index is 4.33. The lowest BCUT2D eigenvalue weighted by molar-refractivity contribution is 1.22. The summed E-state index contributed by atoms with van der Waals surface area (Å²) in [5.74, 6) is 5.81. The Balaban J connectivity index is 2.33. The molecule has 2 rings (SSSR count). The van der Waals surface area contributed by atoms with Crippen LogP contribution in [-0.2, 0) is 0 Å². The summed E-state index contributed by atoms with van der Waals surface area (Å²) in [4.78, 5) is 8.66. The third-order valence-electron chi connectivity index (χ3n) is 2.21. The minimum atomic E-state index is 0.877. The molecule has 2 nitrogen and oxygen atoms in total. The molecule has 2 aromatic heterocycles. The third kappa shape index (κ3) is 2.26. The summed E-state index contributed by atoms with van der Waals surface area (Å²) in [5, 5.41) is 0. The van der Waals surface area contributed by atoms with Gasteiger partial charge in [-0.2, -0.15) is 0 Å². The average Bonchev–Trinajstić information content (AvgIpc) is 2.32. The van der Waals surface area contributed by atoms with Gasteiger partial charge < -0.3 is 0 Å². The Morgan fingerprint density at radius 2 is 1.62 bits per heavy atom. The number of aryl methyl sites for hydroxylation is 1. The van der Waals surface area contributed by atoms with Crippen molar-refractivity contribution >= 4 is 0 Å². The number of rotatable bonds is 1. The van der Waals surface area contributed by atoms with Gasteiger partial charge in [-0.1, -0.05) is 12.0 Å². The van der Waals surface area contributed by atoms with Crippen LogP contribution in [0.3, 0.4) is 0 Å². The predicted molar refractivity (Wildman–Crippen MR) is 64.8 cm³/mol. The molecule has 0 spiro atoms. The maximum atomic E-state index is 4.33. The molecule has 78 valence electrons. The van der Waals surface area contributed by atoms with Gasteiger partial charge in [-0.25, -0.2) is 0 Å². The first-order valence-corrected chi connectivity index (χ1v) is 5.11. The van der Waals surface area contributed by atoms with Crippen LogP contribution in [0, 0.1) is 18.8 Å². The minimum Gasteiger partial charge on any atom is -0.254 e. The monoisotopic (exact) mass is 208 g/mol. The lowest BCUT2D eigenvalue weighted by Crippen LogP contribution is -1.88. The topological polar surface area (TPSA) is 25.8 Å². The number of hydrogen-bond donors (Lipinski definition) is 0. The largest absolute Gasteiger partial charge is 0.254 e. The predicted octanol–water partition coefficient (Wildman–Crippen LogP) is 2.82. The zero-order valence-corrected chi connectivity index (χ0v) is 9.36. The summed E-state index contributed by atoms with van der Waals surface area (Å²) >= 11 is 0. The van der Waals surface area contributed by atoms with Crippen molar-refractivity contribution in [3.63, 3.8) is 0 Å². The number of nitrogens with zero attached hydrogens (tertiary/aromatic N) is 2. The third-order valence-corrected chi connectivity index (χ3v) is 2.21. The van der Waals surface area contributed by atoms with Crippen LogP contribution < -0.4 is 0 Å². The molecule has 2 heteroatoms. The van der Waals surface area contributed by atoms with Gasteiger partial charge >= 0.3 is 0 Å². The molecule has 2 heterocycles. The summed E-state index contributed by atoms with van der Waals surface area (Å²) < 4.78 is 0. The second-order valence-corrected chi connectivity index (χ2v) is 3.53. The molecule has 0 amide bonds. The zero-order chi connectivity index (χ0) is 11.4. The molecule has 0 atom stereocenters. The van der Waals surface area contributed by atoms with Gasteiger partial charge in [0.15, 0.2) is 0 Å². The standard InChI is InChI=1S/C14H12N2/c1-3-4-12-6-8-14(16-10-12)13-7-5-11(2)9-15-13/h5-10H,1-2H3. The molecule has 0 aliphatic carbocycles. The zero-order valence-electron chi connectivity index (χ0n) is 9.36. The molecular formula is C14H12N2. The van der Waals surface area contributed by atoms with Gasteiger partial charge in [-0.15, -0.1) is 5.92 Å². The molecule has 0 unspecified atom stereocenters. The van der Waals surface area contributed by atoms with E-state index < -0.39 is 0 Å². The van der Waals surface area contributed by atoms with Gasteiger partial charge in [0.05, 0.1) is 11.4 Å². The molecule has 16 heavy (non-hydrogen) atoms. The second-order valence-electron chi connectivity index (χ2n) is 3.53. The summed E-state index contributed by atoms with van der Waals surface area (Å²) in [7, 11) is 0. The number of aromatic nitrogens is 2. The second kappa shape index (κ2) is 4.59. The number of hydrogen-bond acceptors (Lipinski definition) is 2. The van der Waals surface area contributed by atoms with Crippen molar-refractivity contribution < 1.29 is 0 Å². The molecule has 0 fully saturated rings. The Bertz CT molecular complexity index is 528. The minimum absolute atomic E-state index is 0.877. The van der Waals surface area contributed by atoms with E-state index in [1.807, 2.05) is 44.3 Å². The van der Waals surface area contributed by atoms with Crippen molar-refractivity contribution in [2.75, 3.05) is 0 Å². The molecule has 0 radical (unpaired) electrons. The highest BCUT2D eigenvalue weighted by molar-refractivity contribution is 5.54. The van der Waals surface area contributed by atoms with E-state index in [1.54, 1.807) is 6.20 Å². The lowest BCUT2D eigenvalue weighted by atomic mass is 10.2. The van der Waals surface area contributed by atoms with Gasteiger partial charge in [0.25, 0.3) is 0 Å². The Hall–Kier alpha value is -2.14. The van der Waals surface area contributed by atoms with Crippen molar-refractivity contribution in [3.05, 3.63) is 47.8 Å². The van der Waals surface area contributed by atoms with Crippen molar-refractivity contribution in [3.8, 4) is 23.2 Å². The lowest BCUT2D eigenvalue weighted by Gasteiger charge is -2.00. The van der Waals surface area contributed by atoms with Gasteiger partial charge in [0.2, 0.25) is 0 Å². The van der Waals surface area contributed by atoms with Gasteiger partial charge in [0.1, 0.15) is 0 Å². The van der Waals surface area contributed by atoms with Crippen molar-refractivity contribution in [2.45, 2.75) is 13.8 Å². The van der Waals surface area contributed by atoms with Crippen LogP contribution in [0.5, 0.6) is 0 Å².